The van der Waals surface area contributed by atoms with E-state index in [2.05, 4.69) is 5.32 Å². The maximum Gasteiger partial charge on any atom is 0.308 e. The molecule has 5 heteroatoms. The summed E-state index contributed by atoms with van der Waals surface area (Å²) >= 11 is 1.56. The van der Waals surface area contributed by atoms with Gasteiger partial charge in [0.2, 0.25) is 0 Å². The molecule has 2 atom stereocenters. The Morgan fingerprint density at radius 3 is 3.07 bits per heavy atom. The molecule has 1 fully saturated rings. The number of thiophene rings is 1. The Morgan fingerprint density at radius 1 is 1.67 bits per heavy atom. The molecule has 0 aromatic carbocycles. The third-order valence-corrected chi connectivity index (χ3v) is 3.77. The second-order valence-electron chi connectivity index (χ2n) is 3.60. The van der Waals surface area contributed by atoms with Gasteiger partial charge in [-0.1, -0.05) is 0 Å². The Kier molecular flexibility index (Phi) is 2.93. The second kappa shape index (κ2) is 4.20. The third-order valence-electron chi connectivity index (χ3n) is 2.73. The predicted octanol–water partition coefficient (Wildman–Crippen LogP) is 1.14. The SMILES string of the molecule is COc1csc(C2CNCC2C(=O)O)c1. The van der Waals surface area contributed by atoms with Crippen molar-refractivity contribution in [2.24, 2.45) is 5.92 Å². The first-order chi connectivity index (χ1) is 7.22. The predicted molar refractivity (Wildman–Crippen MR) is 57.6 cm³/mol. The minimum Gasteiger partial charge on any atom is -0.496 e. The van der Waals surface area contributed by atoms with E-state index in [1.165, 1.54) is 0 Å². The van der Waals surface area contributed by atoms with E-state index in [1.807, 2.05) is 11.4 Å². The summed E-state index contributed by atoms with van der Waals surface area (Å²) in [5, 5.41) is 14.1. The lowest BCUT2D eigenvalue weighted by atomic mass is 9.95. The normalized spacial score (nSPS) is 25.4. The second-order valence-corrected chi connectivity index (χ2v) is 4.54. The van der Waals surface area contributed by atoms with Crippen LogP contribution in [-0.4, -0.2) is 31.3 Å². The highest BCUT2D eigenvalue weighted by molar-refractivity contribution is 7.10. The molecule has 0 spiro atoms. The molecule has 2 unspecified atom stereocenters. The van der Waals surface area contributed by atoms with Crippen LogP contribution in [0.15, 0.2) is 11.4 Å². The minimum atomic E-state index is -0.725. The summed E-state index contributed by atoms with van der Waals surface area (Å²) in [5.74, 6) is -0.145. The molecular formula is C10H13NO3S. The van der Waals surface area contributed by atoms with Gasteiger partial charge < -0.3 is 15.2 Å². The van der Waals surface area contributed by atoms with E-state index in [0.29, 0.717) is 6.54 Å². The maximum absolute atomic E-state index is 11.0. The molecule has 1 aromatic rings. The molecule has 2 N–H and O–H groups in total. The summed E-state index contributed by atoms with van der Waals surface area (Å²) in [6.45, 7) is 1.29. The van der Waals surface area contributed by atoms with E-state index in [4.69, 9.17) is 9.84 Å². The number of rotatable bonds is 3. The van der Waals surface area contributed by atoms with Gasteiger partial charge in [-0.3, -0.25) is 4.79 Å². The number of ether oxygens (including phenoxy) is 1. The summed E-state index contributed by atoms with van der Waals surface area (Å²) in [7, 11) is 1.62. The van der Waals surface area contributed by atoms with Gasteiger partial charge in [0, 0.05) is 29.3 Å². The molecular weight excluding hydrogens is 214 g/mol. The van der Waals surface area contributed by atoms with Gasteiger partial charge in [0.05, 0.1) is 13.0 Å². The first-order valence-electron chi connectivity index (χ1n) is 4.78. The van der Waals surface area contributed by atoms with Crippen LogP contribution in [-0.2, 0) is 4.79 Å². The zero-order valence-electron chi connectivity index (χ0n) is 8.40. The smallest absolute Gasteiger partial charge is 0.308 e. The first-order valence-corrected chi connectivity index (χ1v) is 5.66. The van der Waals surface area contributed by atoms with E-state index in [9.17, 15) is 4.79 Å². The van der Waals surface area contributed by atoms with Crippen molar-refractivity contribution in [3.8, 4) is 5.75 Å². The molecule has 1 aromatic heterocycles. The number of carboxylic acid groups (broad SMARTS) is 1. The number of aliphatic carboxylic acids is 1. The Morgan fingerprint density at radius 2 is 2.47 bits per heavy atom. The topological polar surface area (TPSA) is 58.6 Å². The van der Waals surface area contributed by atoms with Crippen molar-refractivity contribution >= 4 is 17.3 Å². The molecule has 0 amide bonds. The summed E-state index contributed by atoms with van der Waals surface area (Å²) in [6, 6.07) is 1.93. The molecule has 1 saturated heterocycles. The van der Waals surface area contributed by atoms with Gasteiger partial charge in [-0.05, 0) is 6.07 Å². The number of methoxy groups -OCH3 is 1. The third kappa shape index (κ3) is 1.98. The van der Waals surface area contributed by atoms with Crippen LogP contribution in [0.1, 0.15) is 10.8 Å². The number of carboxylic acids is 1. The Labute approximate surface area is 91.9 Å². The number of hydrogen-bond acceptors (Lipinski definition) is 4. The summed E-state index contributed by atoms with van der Waals surface area (Å²) < 4.78 is 5.09. The largest absolute Gasteiger partial charge is 0.496 e. The lowest BCUT2D eigenvalue weighted by molar-refractivity contribution is -0.141. The summed E-state index contributed by atoms with van der Waals surface area (Å²) in [6.07, 6.45) is 0. The monoisotopic (exact) mass is 227 g/mol. The number of nitrogens with one attached hydrogen (secondary N) is 1. The summed E-state index contributed by atoms with van der Waals surface area (Å²) in [4.78, 5) is 12.1. The molecule has 82 valence electrons. The highest BCUT2D eigenvalue weighted by Gasteiger charge is 2.34. The molecule has 1 aliphatic heterocycles. The van der Waals surface area contributed by atoms with E-state index in [-0.39, 0.29) is 11.8 Å². The number of hydrogen-bond donors (Lipinski definition) is 2. The van der Waals surface area contributed by atoms with Crippen LogP contribution in [0.5, 0.6) is 5.75 Å². The standard InChI is InChI=1S/C10H13NO3S/c1-14-6-2-9(15-5-6)7-3-11-4-8(7)10(12)13/h2,5,7-8,11H,3-4H2,1H3,(H,12,13). The average molecular weight is 227 g/mol. The van der Waals surface area contributed by atoms with E-state index in [1.54, 1.807) is 18.4 Å². The fourth-order valence-electron chi connectivity index (χ4n) is 1.87. The van der Waals surface area contributed by atoms with Crippen LogP contribution in [0.3, 0.4) is 0 Å². The lowest BCUT2D eigenvalue weighted by Crippen LogP contribution is -2.20. The molecule has 0 radical (unpaired) electrons. The number of carbonyl (C=O) groups is 1. The van der Waals surface area contributed by atoms with E-state index >= 15 is 0 Å². The Bertz CT molecular complexity index is 363. The molecule has 4 nitrogen and oxygen atoms in total. The van der Waals surface area contributed by atoms with Gasteiger partial charge in [0.15, 0.2) is 0 Å². The molecule has 1 aliphatic rings. The van der Waals surface area contributed by atoms with Crippen molar-refractivity contribution in [3.63, 3.8) is 0 Å². The highest BCUT2D eigenvalue weighted by atomic mass is 32.1. The van der Waals surface area contributed by atoms with Gasteiger partial charge in [-0.15, -0.1) is 11.3 Å². The molecule has 2 rings (SSSR count). The van der Waals surface area contributed by atoms with Crippen LogP contribution in [0.4, 0.5) is 0 Å². The van der Waals surface area contributed by atoms with E-state index < -0.39 is 5.97 Å². The minimum absolute atomic E-state index is 0.0800. The average Bonchev–Trinajstić information content (AvgIpc) is 2.85. The molecule has 0 aliphatic carbocycles. The molecule has 0 saturated carbocycles. The van der Waals surface area contributed by atoms with Crippen molar-refractivity contribution in [1.82, 2.24) is 5.32 Å². The molecule has 15 heavy (non-hydrogen) atoms. The van der Waals surface area contributed by atoms with Gasteiger partial charge >= 0.3 is 5.97 Å². The highest BCUT2D eigenvalue weighted by Crippen LogP contribution is 2.34. The van der Waals surface area contributed by atoms with E-state index in [0.717, 1.165) is 17.2 Å². The van der Waals surface area contributed by atoms with Crippen molar-refractivity contribution in [3.05, 3.63) is 16.3 Å². The van der Waals surface area contributed by atoms with Crippen molar-refractivity contribution in [2.75, 3.05) is 20.2 Å². The molecule has 2 heterocycles. The van der Waals surface area contributed by atoms with Gasteiger partial charge in [0.25, 0.3) is 0 Å². The quantitative estimate of drug-likeness (QED) is 0.813. The maximum atomic E-state index is 11.0. The van der Waals surface area contributed by atoms with Crippen LogP contribution in [0.25, 0.3) is 0 Å². The van der Waals surface area contributed by atoms with Crippen LogP contribution >= 0.6 is 11.3 Å². The van der Waals surface area contributed by atoms with Crippen LogP contribution in [0.2, 0.25) is 0 Å². The van der Waals surface area contributed by atoms with Crippen LogP contribution in [0, 0.1) is 5.92 Å². The lowest BCUT2D eigenvalue weighted by Gasteiger charge is -2.11. The van der Waals surface area contributed by atoms with Gasteiger partial charge in [-0.25, -0.2) is 0 Å². The fourth-order valence-corrected chi connectivity index (χ4v) is 2.90. The van der Waals surface area contributed by atoms with Crippen molar-refractivity contribution in [1.29, 1.82) is 0 Å². The van der Waals surface area contributed by atoms with Crippen molar-refractivity contribution in [2.45, 2.75) is 5.92 Å². The zero-order valence-corrected chi connectivity index (χ0v) is 9.21. The first kappa shape index (κ1) is 10.4. The van der Waals surface area contributed by atoms with Gasteiger partial charge in [-0.2, -0.15) is 0 Å². The Balaban J connectivity index is 2.18. The van der Waals surface area contributed by atoms with Crippen molar-refractivity contribution < 1.29 is 14.6 Å². The summed E-state index contributed by atoms with van der Waals surface area (Å²) in [5.41, 5.74) is 0. The van der Waals surface area contributed by atoms with Crippen LogP contribution < -0.4 is 10.1 Å². The Hall–Kier alpha value is -1.07. The zero-order chi connectivity index (χ0) is 10.8. The van der Waals surface area contributed by atoms with Gasteiger partial charge in [0.1, 0.15) is 5.75 Å². The fraction of sp³-hybridized carbons (Fsp3) is 0.500. The molecule has 0 bridgehead atoms.